The Morgan fingerprint density at radius 3 is 2.71 bits per heavy atom. The molecule has 0 aliphatic carbocycles. The number of aryl methyl sites for hydroxylation is 2. The van der Waals surface area contributed by atoms with Gasteiger partial charge in [0, 0.05) is 18.7 Å². The molecule has 1 amide bonds. The van der Waals surface area contributed by atoms with Crippen LogP contribution in [0.2, 0.25) is 0 Å². The third kappa shape index (κ3) is 3.15. The second kappa shape index (κ2) is 6.43. The summed E-state index contributed by atoms with van der Waals surface area (Å²) < 4.78 is 1.56. The predicted molar refractivity (Wildman–Crippen MR) is 87.1 cm³/mol. The van der Waals surface area contributed by atoms with Gasteiger partial charge in [-0.3, -0.25) is 4.79 Å². The van der Waals surface area contributed by atoms with Crippen molar-refractivity contribution in [3.05, 3.63) is 46.8 Å². The van der Waals surface area contributed by atoms with E-state index in [4.69, 9.17) is 5.11 Å². The molecule has 1 atom stereocenters. The normalized spacial score (nSPS) is 17.8. The molecule has 1 aliphatic rings. The first-order valence-corrected chi connectivity index (χ1v) is 7.97. The molecule has 3 rings (SSSR count). The van der Waals surface area contributed by atoms with Crippen LogP contribution in [0.25, 0.3) is 0 Å². The number of nitrogens with zero attached hydrogens (tertiary/aromatic N) is 4. The van der Waals surface area contributed by atoms with E-state index in [0.717, 1.165) is 24.0 Å². The summed E-state index contributed by atoms with van der Waals surface area (Å²) in [6.07, 6.45) is 3.12. The molecule has 2 heterocycles. The van der Waals surface area contributed by atoms with Gasteiger partial charge in [0.05, 0.1) is 12.2 Å². The van der Waals surface area contributed by atoms with Crippen LogP contribution >= 0.6 is 0 Å². The van der Waals surface area contributed by atoms with Gasteiger partial charge in [0.2, 0.25) is 0 Å². The van der Waals surface area contributed by atoms with E-state index < -0.39 is 5.97 Å². The quantitative estimate of drug-likeness (QED) is 0.932. The number of carboxylic acids is 1. The monoisotopic (exact) mass is 328 g/mol. The van der Waals surface area contributed by atoms with Crippen LogP contribution in [0.5, 0.6) is 0 Å². The van der Waals surface area contributed by atoms with Gasteiger partial charge in [-0.2, -0.15) is 0 Å². The Balaban J connectivity index is 1.75. The molecule has 1 aliphatic heterocycles. The van der Waals surface area contributed by atoms with E-state index in [0.29, 0.717) is 18.7 Å². The van der Waals surface area contributed by atoms with Gasteiger partial charge in [-0.1, -0.05) is 11.3 Å². The van der Waals surface area contributed by atoms with Crippen LogP contribution in [0.15, 0.2) is 24.4 Å². The first-order chi connectivity index (χ1) is 11.5. The van der Waals surface area contributed by atoms with Crippen LogP contribution in [-0.2, 0) is 0 Å². The minimum atomic E-state index is -1.10. The summed E-state index contributed by atoms with van der Waals surface area (Å²) in [4.78, 5) is 25.5. The Morgan fingerprint density at radius 2 is 2.04 bits per heavy atom. The van der Waals surface area contributed by atoms with Crippen LogP contribution in [0.4, 0.5) is 0 Å². The summed E-state index contributed by atoms with van der Waals surface area (Å²) >= 11 is 0. The molecule has 24 heavy (non-hydrogen) atoms. The summed E-state index contributed by atoms with van der Waals surface area (Å²) in [5.74, 6) is -1.10. The van der Waals surface area contributed by atoms with Crippen LogP contribution in [-0.4, -0.2) is 50.0 Å². The Bertz CT molecular complexity index is 784. The number of piperidine rings is 1. The molecule has 1 aromatic heterocycles. The zero-order chi connectivity index (χ0) is 17.3. The molecule has 1 saturated heterocycles. The van der Waals surface area contributed by atoms with E-state index in [1.54, 1.807) is 9.58 Å². The van der Waals surface area contributed by atoms with E-state index in [9.17, 15) is 9.59 Å². The maximum atomic E-state index is 12.7. The van der Waals surface area contributed by atoms with E-state index in [2.05, 4.69) is 10.3 Å². The van der Waals surface area contributed by atoms with Crippen LogP contribution in [0.3, 0.4) is 0 Å². The molecule has 2 aromatic rings. The van der Waals surface area contributed by atoms with Crippen molar-refractivity contribution in [2.45, 2.75) is 32.7 Å². The number of aromatic carboxylic acids is 1. The van der Waals surface area contributed by atoms with Gasteiger partial charge < -0.3 is 10.0 Å². The summed E-state index contributed by atoms with van der Waals surface area (Å²) in [6.45, 7) is 5.22. The zero-order valence-electron chi connectivity index (χ0n) is 13.8. The lowest BCUT2D eigenvalue weighted by molar-refractivity contribution is 0.0666. The van der Waals surface area contributed by atoms with Crippen LogP contribution in [0, 0.1) is 13.8 Å². The molecular formula is C17H20N4O3. The Hall–Kier alpha value is -2.70. The van der Waals surface area contributed by atoms with Crippen molar-refractivity contribution in [1.82, 2.24) is 19.9 Å². The molecule has 126 valence electrons. The fourth-order valence-corrected chi connectivity index (χ4v) is 2.97. The predicted octanol–water partition coefficient (Wildman–Crippen LogP) is 2.07. The summed E-state index contributed by atoms with van der Waals surface area (Å²) in [6, 6.07) is 5.68. The number of carbonyl (C=O) groups excluding carboxylic acids is 1. The molecule has 0 radical (unpaired) electrons. The number of hydrogen-bond acceptors (Lipinski definition) is 4. The molecule has 0 saturated carbocycles. The molecule has 7 heteroatoms. The first-order valence-electron chi connectivity index (χ1n) is 7.97. The highest BCUT2D eigenvalue weighted by Gasteiger charge is 2.27. The lowest BCUT2D eigenvalue weighted by atomic mass is 10.0. The Kier molecular flexibility index (Phi) is 4.33. The molecule has 1 N–H and O–H groups in total. The zero-order valence-corrected chi connectivity index (χ0v) is 13.8. The minimum absolute atomic E-state index is 0.00127. The fourth-order valence-electron chi connectivity index (χ4n) is 2.97. The highest BCUT2D eigenvalue weighted by Crippen LogP contribution is 2.23. The molecule has 0 bridgehead atoms. The second-order valence-corrected chi connectivity index (χ2v) is 6.24. The Morgan fingerprint density at radius 1 is 1.25 bits per heavy atom. The molecule has 1 aromatic carbocycles. The Labute approximate surface area is 139 Å². The number of carbonyl (C=O) groups is 2. The van der Waals surface area contributed by atoms with Crippen molar-refractivity contribution in [2.75, 3.05) is 13.1 Å². The van der Waals surface area contributed by atoms with Crippen molar-refractivity contribution in [3.8, 4) is 0 Å². The van der Waals surface area contributed by atoms with Crippen molar-refractivity contribution in [1.29, 1.82) is 0 Å². The fraction of sp³-hybridized carbons (Fsp3) is 0.412. The highest BCUT2D eigenvalue weighted by molar-refractivity contribution is 5.94. The van der Waals surface area contributed by atoms with Gasteiger partial charge in [-0.25, -0.2) is 9.48 Å². The maximum absolute atomic E-state index is 12.7. The van der Waals surface area contributed by atoms with Crippen molar-refractivity contribution in [3.63, 3.8) is 0 Å². The van der Waals surface area contributed by atoms with Gasteiger partial charge in [-0.05, 0) is 49.9 Å². The standard InChI is InChI=1S/C17H20N4O3/c1-11-5-6-13(8-12(11)2)16(22)20-7-3-4-14(9-20)21-10-15(17(23)24)18-19-21/h5-6,8,10,14H,3-4,7,9H2,1-2H3,(H,23,24). The van der Waals surface area contributed by atoms with Gasteiger partial charge in [-0.15, -0.1) is 5.10 Å². The SMILES string of the molecule is Cc1ccc(C(=O)N2CCCC(n3cc(C(=O)O)nn3)C2)cc1C. The average Bonchev–Trinajstić information content (AvgIpc) is 3.07. The minimum Gasteiger partial charge on any atom is -0.476 e. The summed E-state index contributed by atoms with van der Waals surface area (Å²) in [5.41, 5.74) is 2.86. The first kappa shape index (κ1) is 16.2. The number of amides is 1. The average molecular weight is 328 g/mol. The third-order valence-corrected chi connectivity index (χ3v) is 4.54. The van der Waals surface area contributed by atoms with Crippen LogP contribution in [0.1, 0.15) is 50.9 Å². The number of hydrogen-bond donors (Lipinski definition) is 1. The van der Waals surface area contributed by atoms with E-state index in [-0.39, 0.29) is 17.6 Å². The van der Waals surface area contributed by atoms with Crippen molar-refractivity contribution in [2.24, 2.45) is 0 Å². The molecule has 0 spiro atoms. The molecule has 7 nitrogen and oxygen atoms in total. The lowest BCUT2D eigenvalue weighted by Crippen LogP contribution is -2.40. The smallest absolute Gasteiger partial charge is 0.358 e. The van der Waals surface area contributed by atoms with Gasteiger partial charge in [0.15, 0.2) is 5.69 Å². The molecular weight excluding hydrogens is 308 g/mol. The van der Waals surface area contributed by atoms with E-state index in [1.807, 2.05) is 32.0 Å². The van der Waals surface area contributed by atoms with Gasteiger partial charge in [0.1, 0.15) is 0 Å². The maximum Gasteiger partial charge on any atom is 0.358 e. The number of aromatic nitrogens is 3. The highest BCUT2D eigenvalue weighted by atomic mass is 16.4. The summed E-state index contributed by atoms with van der Waals surface area (Å²) in [7, 11) is 0. The second-order valence-electron chi connectivity index (χ2n) is 6.24. The molecule has 1 fully saturated rings. The van der Waals surface area contributed by atoms with Crippen molar-refractivity contribution < 1.29 is 14.7 Å². The van der Waals surface area contributed by atoms with Crippen molar-refractivity contribution >= 4 is 11.9 Å². The topological polar surface area (TPSA) is 88.3 Å². The lowest BCUT2D eigenvalue weighted by Gasteiger charge is -2.32. The largest absolute Gasteiger partial charge is 0.476 e. The molecule has 1 unspecified atom stereocenters. The number of carboxylic acid groups (broad SMARTS) is 1. The summed E-state index contributed by atoms with van der Waals surface area (Å²) in [5, 5.41) is 16.5. The van der Waals surface area contributed by atoms with Gasteiger partial charge >= 0.3 is 5.97 Å². The number of likely N-dealkylation sites (tertiary alicyclic amines) is 1. The number of benzene rings is 1. The van der Waals surface area contributed by atoms with E-state index >= 15 is 0 Å². The third-order valence-electron chi connectivity index (χ3n) is 4.54. The van der Waals surface area contributed by atoms with Crippen LogP contribution < -0.4 is 0 Å². The van der Waals surface area contributed by atoms with Gasteiger partial charge in [0.25, 0.3) is 5.91 Å². The van der Waals surface area contributed by atoms with E-state index in [1.165, 1.54) is 6.20 Å². The number of rotatable bonds is 3.